The Kier molecular flexibility index (Phi) is 2.72. The summed E-state index contributed by atoms with van der Waals surface area (Å²) in [6, 6.07) is 3.82. The van der Waals surface area contributed by atoms with Crippen LogP contribution in [0.25, 0.3) is 10.9 Å². The molecule has 0 spiro atoms. The zero-order valence-corrected chi connectivity index (χ0v) is 11.0. The average molecular weight is 267 g/mol. The Balaban J connectivity index is 2.27. The number of rotatable bonds is 1. The van der Waals surface area contributed by atoms with Crippen molar-refractivity contribution in [2.75, 3.05) is 0 Å². The molecule has 0 amide bonds. The van der Waals surface area contributed by atoms with Crippen LogP contribution in [0.4, 0.5) is 0 Å². The highest BCUT2D eigenvalue weighted by Gasteiger charge is 2.24. The molecule has 1 aliphatic rings. The van der Waals surface area contributed by atoms with E-state index in [1.807, 2.05) is 19.1 Å². The van der Waals surface area contributed by atoms with E-state index in [1.165, 1.54) is 6.42 Å². The van der Waals surface area contributed by atoms with Gasteiger partial charge in [-0.3, -0.25) is 0 Å². The van der Waals surface area contributed by atoms with Crippen molar-refractivity contribution in [2.45, 2.75) is 32.1 Å². The molecule has 2 nitrogen and oxygen atoms in total. The summed E-state index contributed by atoms with van der Waals surface area (Å²) in [7, 11) is 0. The Labute approximate surface area is 110 Å². The lowest BCUT2D eigenvalue weighted by molar-refractivity contribution is 0.402. The normalized spacial score (nSPS) is 16.2. The first kappa shape index (κ1) is 11.2. The quantitative estimate of drug-likeness (QED) is 0.710. The molecule has 1 fully saturated rings. The lowest BCUT2D eigenvalue weighted by atomic mass is 9.85. The highest BCUT2D eigenvalue weighted by Crippen LogP contribution is 2.37. The minimum Gasteiger partial charge on any atom is -0.231 e. The molecule has 4 heteroatoms. The van der Waals surface area contributed by atoms with E-state index in [2.05, 4.69) is 9.97 Å². The number of aromatic nitrogens is 2. The molecule has 17 heavy (non-hydrogen) atoms. The topological polar surface area (TPSA) is 25.8 Å². The Hall–Kier alpha value is -0.860. The minimum atomic E-state index is 0.466. The first-order valence-electron chi connectivity index (χ1n) is 5.79. The molecule has 1 saturated carbocycles. The fraction of sp³-hybridized carbons (Fsp3) is 0.385. The van der Waals surface area contributed by atoms with E-state index in [1.54, 1.807) is 0 Å². The van der Waals surface area contributed by atoms with E-state index in [-0.39, 0.29) is 0 Å². The van der Waals surface area contributed by atoms with E-state index in [9.17, 15) is 0 Å². The van der Waals surface area contributed by atoms with Crippen LogP contribution >= 0.6 is 23.2 Å². The number of hydrogen-bond acceptors (Lipinski definition) is 2. The molecule has 88 valence electrons. The summed E-state index contributed by atoms with van der Waals surface area (Å²) in [5, 5.41) is 2.05. The van der Waals surface area contributed by atoms with Crippen molar-refractivity contribution >= 4 is 34.1 Å². The van der Waals surface area contributed by atoms with Crippen molar-refractivity contribution in [2.24, 2.45) is 0 Å². The highest BCUT2D eigenvalue weighted by molar-refractivity contribution is 6.38. The van der Waals surface area contributed by atoms with Gasteiger partial charge in [0.25, 0.3) is 0 Å². The van der Waals surface area contributed by atoms with Gasteiger partial charge in [0, 0.05) is 11.3 Å². The average Bonchev–Trinajstić information content (AvgIpc) is 2.20. The van der Waals surface area contributed by atoms with Gasteiger partial charge in [0.1, 0.15) is 11.0 Å². The molecular weight excluding hydrogens is 255 g/mol. The zero-order valence-electron chi connectivity index (χ0n) is 9.50. The van der Waals surface area contributed by atoms with Gasteiger partial charge in [-0.05, 0) is 31.4 Å². The molecule has 0 atom stereocenters. The molecule has 0 unspecified atom stereocenters. The van der Waals surface area contributed by atoms with Crippen LogP contribution in [0.2, 0.25) is 10.2 Å². The van der Waals surface area contributed by atoms with Crippen LogP contribution in [0.3, 0.4) is 0 Å². The standard InChI is InChI=1S/C13H12Cl2N2/c1-7-5-6-9(14)11-10(7)12(15)17-13(16-11)8-3-2-4-8/h5-6,8H,2-4H2,1H3. The summed E-state index contributed by atoms with van der Waals surface area (Å²) in [5.74, 6) is 1.31. The fourth-order valence-electron chi connectivity index (χ4n) is 2.18. The van der Waals surface area contributed by atoms with Crippen molar-refractivity contribution < 1.29 is 0 Å². The molecule has 1 aromatic heterocycles. The van der Waals surface area contributed by atoms with Crippen LogP contribution in [-0.2, 0) is 0 Å². The summed E-state index contributed by atoms with van der Waals surface area (Å²) in [5.41, 5.74) is 1.85. The second-order valence-electron chi connectivity index (χ2n) is 4.59. The van der Waals surface area contributed by atoms with Crippen molar-refractivity contribution in [3.05, 3.63) is 33.7 Å². The van der Waals surface area contributed by atoms with Gasteiger partial charge in [0.05, 0.1) is 10.5 Å². The van der Waals surface area contributed by atoms with Gasteiger partial charge in [0.15, 0.2) is 0 Å². The Morgan fingerprint density at radius 2 is 1.94 bits per heavy atom. The van der Waals surface area contributed by atoms with Crippen LogP contribution in [0.15, 0.2) is 12.1 Å². The molecule has 0 bridgehead atoms. The van der Waals surface area contributed by atoms with Gasteiger partial charge in [-0.2, -0.15) is 0 Å². The number of fused-ring (bicyclic) bond motifs is 1. The summed E-state index contributed by atoms with van der Waals surface area (Å²) in [4.78, 5) is 9.01. The SMILES string of the molecule is Cc1ccc(Cl)c2nc(C3CCC3)nc(Cl)c12. The molecule has 0 radical (unpaired) electrons. The fourth-order valence-corrected chi connectivity index (χ4v) is 2.71. The highest BCUT2D eigenvalue weighted by atomic mass is 35.5. The molecule has 1 heterocycles. The van der Waals surface area contributed by atoms with Crippen LogP contribution in [0.5, 0.6) is 0 Å². The molecular formula is C13H12Cl2N2. The first-order chi connectivity index (χ1) is 8.16. The lowest BCUT2D eigenvalue weighted by Crippen LogP contribution is -2.13. The summed E-state index contributed by atoms with van der Waals surface area (Å²) in [6.45, 7) is 2.00. The van der Waals surface area contributed by atoms with Gasteiger partial charge >= 0.3 is 0 Å². The number of benzene rings is 1. The van der Waals surface area contributed by atoms with Crippen molar-refractivity contribution in [3.63, 3.8) is 0 Å². The van der Waals surface area contributed by atoms with Gasteiger partial charge in [-0.25, -0.2) is 9.97 Å². The second kappa shape index (κ2) is 4.11. The zero-order chi connectivity index (χ0) is 12.0. The third-order valence-electron chi connectivity index (χ3n) is 3.45. The first-order valence-corrected chi connectivity index (χ1v) is 6.54. The summed E-state index contributed by atoms with van der Waals surface area (Å²) in [6.07, 6.45) is 3.57. The number of halogens is 2. The predicted octanol–water partition coefficient (Wildman–Crippen LogP) is 4.51. The Bertz CT molecular complexity index is 591. The molecule has 0 N–H and O–H groups in total. The number of aryl methyl sites for hydroxylation is 1. The van der Waals surface area contributed by atoms with Crippen LogP contribution in [0.1, 0.15) is 36.6 Å². The Morgan fingerprint density at radius 1 is 1.18 bits per heavy atom. The minimum absolute atomic E-state index is 0.466. The molecule has 2 aromatic rings. The third kappa shape index (κ3) is 1.80. The summed E-state index contributed by atoms with van der Waals surface area (Å²) >= 11 is 12.4. The van der Waals surface area contributed by atoms with Gasteiger partial charge < -0.3 is 0 Å². The van der Waals surface area contributed by atoms with Gasteiger partial charge in [-0.1, -0.05) is 35.7 Å². The van der Waals surface area contributed by atoms with Crippen LogP contribution in [0, 0.1) is 6.92 Å². The molecule has 1 aliphatic carbocycles. The monoisotopic (exact) mass is 266 g/mol. The number of nitrogens with zero attached hydrogens (tertiary/aromatic N) is 2. The Morgan fingerprint density at radius 3 is 2.59 bits per heavy atom. The van der Waals surface area contributed by atoms with Crippen molar-refractivity contribution in [3.8, 4) is 0 Å². The van der Waals surface area contributed by atoms with E-state index < -0.39 is 0 Å². The van der Waals surface area contributed by atoms with Crippen molar-refractivity contribution in [1.82, 2.24) is 9.97 Å². The van der Waals surface area contributed by atoms with E-state index >= 15 is 0 Å². The van der Waals surface area contributed by atoms with E-state index in [0.29, 0.717) is 16.1 Å². The van der Waals surface area contributed by atoms with E-state index in [4.69, 9.17) is 23.2 Å². The predicted molar refractivity (Wildman–Crippen MR) is 70.9 cm³/mol. The molecule has 1 aromatic carbocycles. The van der Waals surface area contributed by atoms with Gasteiger partial charge in [-0.15, -0.1) is 0 Å². The molecule has 0 saturated heterocycles. The largest absolute Gasteiger partial charge is 0.231 e. The molecule has 3 rings (SSSR count). The maximum absolute atomic E-state index is 6.25. The lowest BCUT2D eigenvalue weighted by Gasteiger charge is -2.24. The number of hydrogen-bond donors (Lipinski definition) is 0. The molecule has 0 aliphatic heterocycles. The maximum Gasteiger partial charge on any atom is 0.140 e. The van der Waals surface area contributed by atoms with Crippen LogP contribution in [-0.4, -0.2) is 9.97 Å². The van der Waals surface area contributed by atoms with Crippen LogP contribution < -0.4 is 0 Å². The van der Waals surface area contributed by atoms with Gasteiger partial charge in [0.2, 0.25) is 0 Å². The third-order valence-corrected chi connectivity index (χ3v) is 4.03. The van der Waals surface area contributed by atoms with Crippen molar-refractivity contribution in [1.29, 1.82) is 0 Å². The summed E-state index contributed by atoms with van der Waals surface area (Å²) < 4.78 is 0. The van der Waals surface area contributed by atoms with E-state index in [0.717, 1.165) is 35.1 Å². The second-order valence-corrected chi connectivity index (χ2v) is 5.35. The smallest absolute Gasteiger partial charge is 0.140 e. The maximum atomic E-state index is 6.25.